The van der Waals surface area contributed by atoms with Crippen LogP contribution in [0.4, 0.5) is 11.4 Å². The molecule has 0 aromatic heterocycles. The Morgan fingerprint density at radius 1 is 1.43 bits per heavy atom. The molecule has 2 N–H and O–H groups in total. The smallest absolute Gasteiger partial charge is 0.293 e. The third-order valence-electron chi connectivity index (χ3n) is 3.30. The van der Waals surface area contributed by atoms with Gasteiger partial charge in [0.25, 0.3) is 5.69 Å². The maximum Gasteiger partial charge on any atom is 0.293 e. The van der Waals surface area contributed by atoms with E-state index in [2.05, 4.69) is 0 Å². The molecule has 1 aliphatic carbocycles. The number of nitrogen functional groups attached to an aromatic ring is 1. The Morgan fingerprint density at radius 2 is 2.05 bits per heavy atom. The molecule has 2 rings (SSSR count). The molecule has 0 radical (unpaired) electrons. The van der Waals surface area contributed by atoms with Gasteiger partial charge in [0.1, 0.15) is 5.69 Å². The van der Waals surface area contributed by atoms with Crippen molar-refractivity contribution in [1.29, 1.82) is 0 Å². The van der Waals surface area contributed by atoms with E-state index in [-0.39, 0.29) is 28.2 Å². The Balaban J connectivity index is 2.42. The SMILES string of the molecule is CC(C)CN(C1CC1)S(=O)(=O)c1ccc(N)c([N+](=O)[O-])c1. The van der Waals surface area contributed by atoms with Crippen LogP contribution in [0.5, 0.6) is 0 Å². The summed E-state index contributed by atoms with van der Waals surface area (Å²) in [5, 5.41) is 10.9. The van der Waals surface area contributed by atoms with Gasteiger partial charge >= 0.3 is 0 Å². The second-order valence-corrected chi connectivity index (χ2v) is 7.57. The first-order valence-electron chi connectivity index (χ1n) is 6.79. The molecule has 21 heavy (non-hydrogen) atoms. The van der Waals surface area contributed by atoms with E-state index in [4.69, 9.17) is 5.73 Å². The van der Waals surface area contributed by atoms with Crippen LogP contribution in [0.3, 0.4) is 0 Å². The monoisotopic (exact) mass is 313 g/mol. The number of rotatable bonds is 6. The van der Waals surface area contributed by atoms with Gasteiger partial charge in [-0.2, -0.15) is 4.31 Å². The topological polar surface area (TPSA) is 107 Å². The number of hydrogen-bond donors (Lipinski definition) is 1. The van der Waals surface area contributed by atoms with Gasteiger partial charge in [-0.15, -0.1) is 0 Å². The molecule has 0 aliphatic heterocycles. The van der Waals surface area contributed by atoms with E-state index < -0.39 is 14.9 Å². The molecule has 0 unspecified atom stereocenters. The lowest BCUT2D eigenvalue weighted by molar-refractivity contribution is -0.384. The fraction of sp³-hybridized carbons (Fsp3) is 0.538. The van der Waals surface area contributed by atoms with Crippen molar-refractivity contribution in [3.8, 4) is 0 Å². The number of hydrogen-bond acceptors (Lipinski definition) is 5. The van der Waals surface area contributed by atoms with E-state index in [1.54, 1.807) is 0 Å². The molecule has 0 saturated heterocycles. The van der Waals surface area contributed by atoms with E-state index >= 15 is 0 Å². The Morgan fingerprint density at radius 3 is 2.52 bits per heavy atom. The van der Waals surface area contributed by atoms with Crippen molar-refractivity contribution in [1.82, 2.24) is 4.31 Å². The molecule has 1 aliphatic rings. The lowest BCUT2D eigenvalue weighted by atomic mass is 10.2. The molecule has 1 aromatic rings. The molecule has 0 atom stereocenters. The largest absolute Gasteiger partial charge is 0.393 e. The lowest BCUT2D eigenvalue weighted by Gasteiger charge is -2.23. The van der Waals surface area contributed by atoms with E-state index in [9.17, 15) is 18.5 Å². The van der Waals surface area contributed by atoms with Crippen molar-refractivity contribution in [3.05, 3.63) is 28.3 Å². The van der Waals surface area contributed by atoms with Crippen LogP contribution in [-0.2, 0) is 10.0 Å². The highest BCUT2D eigenvalue weighted by Crippen LogP contribution is 2.34. The van der Waals surface area contributed by atoms with Crippen molar-refractivity contribution in [3.63, 3.8) is 0 Å². The predicted molar refractivity (Wildman–Crippen MR) is 79.3 cm³/mol. The van der Waals surface area contributed by atoms with Crippen LogP contribution < -0.4 is 5.73 Å². The Bertz CT molecular complexity index is 653. The molecule has 7 nitrogen and oxygen atoms in total. The summed E-state index contributed by atoms with van der Waals surface area (Å²) < 4.78 is 26.8. The third kappa shape index (κ3) is 3.33. The summed E-state index contributed by atoms with van der Waals surface area (Å²) in [7, 11) is -3.73. The number of nitrogens with zero attached hydrogens (tertiary/aromatic N) is 2. The summed E-state index contributed by atoms with van der Waals surface area (Å²) in [6.07, 6.45) is 1.67. The molecular weight excluding hydrogens is 294 g/mol. The highest BCUT2D eigenvalue weighted by Gasteiger charge is 2.38. The zero-order chi connectivity index (χ0) is 15.8. The number of nitro benzene ring substituents is 1. The summed E-state index contributed by atoms with van der Waals surface area (Å²) in [5.74, 6) is 0.184. The first-order chi connectivity index (χ1) is 9.73. The number of nitro groups is 1. The van der Waals surface area contributed by atoms with Gasteiger partial charge < -0.3 is 5.73 Å². The van der Waals surface area contributed by atoms with Crippen LogP contribution in [0.25, 0.3) is 0 Å². The van der Waals surface area contributed by atoms with Crippen LogP contribution in [0.2, 0.25) is 0 Å². The lowest BCUT2D eigenvalue weighted by Crippen LogP contribution is -2.36. The summed E-state index contributed by atoms with van der Waals surface area (Å²) >= 11 is 0. The van der Waals surface area contributed by atoms with Crippen molar-refractivity contribution in [2.75, 3.05) is 12.3 Å². The number of nitrogens with two attached hydrogens (primary N) is 1. The van der Waals surface area contributed by atoms with Crippen LogP contribution in [-0.4, -0.2) is 30.2 Å². The fourth-order valence-electron chi connectivity index (χ4n) is 2.14. The first kappa shape index (κ1) is 15.7. The second-order valence-electron chi connectivity index (χ2n) is 5.68. The quantitative estimate of drug-likeness (QED) is 0.491. The highest BCUT2D eigenvalue weighted by atomic mass is 32.2. The third-order valence-corrected chi connectivity index (χ3v) is 5.22. The van der Waals surface area contributed by atoms with Crippen molar-refractivity contribution in [2.45, 2.75) is 37.6 Å². The number of sulfonamides is 1. The molecule has 1 saturated carbocycles. The molecular formula is C13H19N3O4S. The highest BCUT2D eigenvalue weighted by molar-refractivity contribution is 7.89. The number of benzene rings is 1. The van der Waals surface area contributed by atoms with Gasteiger partial charge in [-0.3, -0.25) is 10.1 Å². The van der Waals surface area contributed by atoms with E-state index in [1.807, 2.05) is 13.8 Å². The van der Waals surface area contributed by atoms with Gasteiger partial charge in [0.2, 0.25) is 10.0 Å². The predicted octanol–water partition coefficient (Wildman–Crippen LogP) is 1.99. The average Bonchev–Trinajstić information content (AvgIpc) is 3.19. The summed E-state index contributed by atoms with van der Waals surface area (Å²) in [4.78, 5) is 10.2. The Kier molecular flexibility index (Phi) is 4.20. The van der Waals surface area contributed by atoms with Gasteiger partial charge in [-0.25, -0.2) is 8.42 Å². The van der Waals surface area contributed by atoms with Crippen LogP contribution in [0.15, 0.2) is 23.1 Å². The van der Waals surface area contributed by atoms with Crippen LogP contribution >= 0.6 is 0 Å². The number of anilines is 1. The van der Waals surface area contributed by atoms with Crippen molar-refractivity contribution >= 4 is 21.4 Å². The van der Waals surface area contributed by atoms with Gasteiger partial charge in [-0.05, 0) is 30.9 Å². The van der Waals surface area contributed by atoms with Gasteiger partial charge in [0.15, 0.2) is 0 Å². The summed E-state index contributed by atoms with van der Waals surface area (Å²) in [6, 6.07) is 3.65. The molecule has 8 heteroatoms. The molecule has 0 bridgehead atoms. The minimum absolute atomic E-state index is 0.00834. The molecule has 0 heterocycles. The summed E-state index contributed by atoms with van der Waals surface area (Å²) in [6.45, 7) is 4.29. The minimum Gasteiger partial charge on any atom is -0.393 e. The summed E-state index contributed by atoms with van der Waals surface area (Å²) in [5.41, 5.74) is 5.09. The van der Waals surface area contributed by atoms with Gasteiger partial charge in [0.05, 0.1) is 9.82 Å². The minimum atomic E-state index is -3.73. The second kappa shape index (κ2) is 5.61. The Hall–Kier alpha value is -1.67. The zero-order valence-corrected chi connectivity index (χ0v) is 12.8. The van der Waals surface area contributed by atoms with Crippen LogP contribution in [0, 0.1) is 16.0 Å². The maximum absolute atomic E-state index is 12.7. The van der Waals surface area contributed by atoms with E-state index in [1.165, 1.54) is 16.4 Å². The first-order valence-corrected chi connectivity index (χ1v) is 8.23. The molecule has 0 spiro atoms. The van der Waals surface area contributed by atoms with Gasteiger partial charge in [-0.1, -0.05) is 13.8 Å². The maximum atomic E-state index is 12.7. The standard InChI is InChI=1S/C13H19N3O4S/c1-9(2)8-15(10-3-4-10)21(19,20)11-5-6-12(14)13(7-11)16(17)18/h5-7,9-10H,3-4,8,14H2,1-2H3. The molecule has 1 fully saturated rings. The molecule has 1 aromatic carbocycles. The van der Waals surface area contributed by atoms with E-state index in [0.29, 0.717) is 6.54 Å². The van der Waals surface area contributed by atoms with Gasteiger partial charge in [0, 0.05) is 18.7 Å². The zero-order valence-electron chi connectivity index (χ0n) is 12.0. The van der Waals surface area contributed by atoms with E-state index in [0.717, 1.165) is 18.9 Å². The Labute approximate surface area is 123 Å². The molecule has 116 valence electrons. The fourth-order valence-corrected chi connectivity index (χ4v) is 4.01. The van der Waals surface area contributed by atoms with Crippen molar-refractivity contribution < 1.29 is 13.3 Å². The van der Waals surface area contributed by atoms with Crippen molar-refractivity contribution in [2.24, 2.45) is 5.92 Å². The average molecular weight is 313 g/mol. The van der Waals surface area contributed by atoms with Crippen LogP contribution in [0.1, 0.15) is 26.7 Å². The normalized spacial score (nSPS) is 15.6. The molecule has 0 amide bonds.